The highest BCUT2D eigenvalue weighted by molar-refractivity contribution is 5.83. The van der Waals surface area contributed by atoms with Crippen molar-refractivity contribution in [2.75, 3.05) is 26.9 Å². The molecule has 1 aromatic rings. The van der Waals surface area contributed by atoms with Crippen molar-refractivity contribution in [3.8, 4) is 11.5 Å². The lowest BCUT2D eigenvalue weighted by Crippen LogP contribution is -2.21. The first-order chi connectivity index (χ1) is 9.61. The van der Waals surface area contributed by atoms with Gasteiger partial charge in [-0.05, 0) is 18.6 Å². The van der Waals surface area contributed by atoms with E-state index in [0.717, 1.165) is 0 Å². The first-order valence-electron chi connectivity index (χ1n) is 6.17. The molecule has 7 nitrogen and oxygen atoms in total. The van der Waals surface area contributed by atoms with Crippen LogP contribution in [0.3, 0.4) is 0 Å². The second-order valence-electron chi connectivity index (χ2n) is 4.41. The minimum absolute atomic E-state index is 0.0584. The molecule has 0 amide bonds. The monoisotopic (exact) mass is 281 g/mol. The van der Waals surface area contributed by atoms with Gasteiger partial charge in [0, 0.05) is 12.5 Å². The Balaban J connectivity index is 2.04. The number of nitro groups is 1. The summed E-state index contributed by atoms with van der Waals surface area (Å²) in [7, 11) is 1.42. The average molecular weight is 281 g/mol. The largest absolute Gasteiger partial charge is 0.496 e. The van der Waals surface area contributed by atoms with Crippen molar-refractivity contribution in [1.82, 2.24) is 0 Å². The predicted octanol–water partition coefficient (Wildman–Crippen LogP) is 1.59. The van der Waals surface area contributed by atoms with Crippen LogP contribution in [0.25, 0.3) is 0 Å². The molecule has 1 heterocycles. The van der Waals surface area contributed by atoms with Gasteiger partial charge in [-0.15, -0.1) is 0 Å². The normalized spacial score (nSPS) is 17.8. The fraction of sp³-hybridized carbons (Fsp3) is 0.462. The second kappa shape index (κ2) is 6.33. The van der Waals surface area contributed by atoms with Crippen LogP contribution in [0.5, 0.6) is 11.5 Å². The van der Waals surface area contributed by atoms with Gasteiger partial charge in [0.15, 0.2) is 11.5 Å². The summed E-state index contributed by atoms with van der Waals surface area (Å²) in [5, 5.41) is 11.0. The molecular weight excluding hydrogens is 266 g/mol. The van der Waals surface area contributed by atoms with E-state index in [1.54, 1.807) is 6.07 Å². The zero-order valence-electron chi connectivity index (χ0n) is 11.0. The van der Waals surface area contributed by atoms with Gasteiger partial charge in [-0.3, -0.25) is 14.9 Å². The summed E-state index contributed by atoms with van der Waals surface area (Å²) < 4.78 is 15.3. The molecule has 0 radical (unpaired) electrons. The van der Waals surface area contributed by atoms with E-state index >= 15 is 0 Å². The number of rotatable bonds is 6. The Morgan fingerprint density at radius 1 is 1.55 bits per heavy atom. The summed E-state index contributed by atoms with van der Waals surface area (Å²) in [4.78, 5) is 22.2. The molecule has 1 aliphatic rings. The van der Waals surface area contributed by atoms with Gasteiger partial charge in [0.25, 0.3) is 0 Å². The highest BCUT2D eigenvalue weighted by atomic mass is 16.6. The van der Waals surface area contributed by atoms with E-state index < -0.39 is 4.92 Å². The quantitative estimate of drug-likeness (QED) is 0.581. The molecule has 1 aliphatic heterocycles. The van der Waals surface area contributed by atoms with Crippen LogP contribution in [0.1, 0.15) is 6.42 Å². The van der Waals surface area contributed by atoms with E-state index in [2.05, 4.69) is 0 Å². The number of nitrogens with zero attached hydrogens (tertiary/aromatic N) is 1. The van der Waals surface area contributed by atoms with Gasteiger partial charge in [0.1, 0.15) is 12.4 Å². The zero-order valence-corrected chi connectivity index (χ0v) is 11.0. The van der Waals surface area contributed by atoms with Crippen molar-refractivity contribution in [2.45, 2.75) is 6.42 Å². The number of hydrogen-bond acceptors (Lipinski definition) is 6. The highest BCUT2D eigenvalue weighted by Gasteiger charge is 2.25. The molecule has 0 saturated carbocycles. The molecular formula is C13H15NO6. The first kappa shape index (κ1) is 14.3. The van der Waals surface area contributed by atoms with Gasteiger partial charge in [0.2, 0.25) is 0 Å². The molecule has 0 bridgehead atoms. The van der Waals surface area contributed by atoms with E-state index in [4.69, 9.17) is 14.2 Å². The van der Waals surface area contributed by atoms with Crippen LogP contribution in [-0.2, 0) is 9.53 Å². The van der Waals surface area contributed by atoms with E-state index in [9.17, 15) is 14.9 Å². The second-order valence-corrected chi connectivity index (χ2v) is 4.41. The summed E-state index contributed by atoms with van der Waals surface area (Å²) in [5.41, 5.74) is -0.222. The molecule has 1 saturated heterocycles. The van der Waals surface area contributed by atoms with Crippen molar-refractivity contribution >= 4 is 11.5 Å². The van der Waals surface area contributed by atoms with Crippen molar-refractivity contribution in [2.24, 2.45) is 5.92 Å². The standard InChI is InChI=1S/C13H15NO6/c1-18-10-2-3-13(11(6-10)14(16)17)20-8-12(15)9-4-5-19-7-9/h2-3,6,9H,4-5,7-8H2,1H3. The smallest absolute Gasteiger partial charge is 0.314 e. The average Bonchev–Trinajstić information content (AvgIpc) is 2.98. The molecule has 0 N–H and O–H groups in total. The number of carbonyl (C=O) groups is 1. The molecule has 0 aliphatic carbocycles. The Hall–Kier alpha value is -2.15. The van der Waals surface area contributed by atoms with Crippen LogP contribution in [0.2, 0.25) is 0 Å². The van der Waals surface area contributed by atoms with Crippen molar-refractivity contribution in [3.05, 3.63) is 28.3 Å². The topological polar surface area (TPSA) is 87.9 Å². The van der Waals surface area contributed by atoms with E-state index in [1.165, 1.54) is 19.2 Å². The molecule has 108 valence electrons. The minimum Gasteiger partial charge on any atom is -0.496 e. The summed E-state index contributed by atoms with van der Waals surface area (Å²) in [6, 6.07) is 4.24. The number of nitro benzene ring substituents is 1. The Bertz CT molecular complexity index is 510. The third kappa shape index (κ3) is 3.24. The first-order valence-corrected chi connectivity index (χ1v) is 6.17. The summed E-state index contributed by atoms with van der Waals surface area (Å²) in [5.74, 6) is 0.141. The number of hydrogen-bond donors (Lipinski definition) is 0. The fourth-order valence-corrected chi connectivity index (χ4v) is 1.94. The van der Waals surface area contributed by atoms with E-state index in [0.29, 0.717) is 25.4 Å². The summed E-state index contributed by atoms with van der Waals surface area (Å²) in [6.45, 7) is 0.771. The molecule has 20 heavy (non-hydrogen) atoms. The number of ether oxygens (including phenoxy) is 3. The fourth-order valence-electron chi connectivity index (χ4n) is 1.94. The summed E-state index contributed by atoms with van der Waals surface area (Å²) in [6.07, 6.45) is 0.674. The van der Waals surface area contributed by atoms with Gasteiger partial charge in [-0.1, -0.05) is 0 Å². The van der Waals surface area contributed by atoms with Crippen molar-refractivity contribution in [3.63, 3.8) is 0 Å². The lowest BCUT2D eigenvalue weighted by atomic mass is 10.0. The van der Waals surface area contributed by atoms with Gasteiger partial charge in [0.05, 0.1) is 24.7 Å². The highest BCUT2D eigenvalue weighted by Crippen LogP contribution is 2.31. The maximum atomic E-state index is 11.8. The molecule has 0 aromatic heterocycles. The lowest BCUT2D eigenvalue weighted by molar-refractivity contribution is -0.385. The van der Waals surface area contributed by atoms with E-state index in [1.807, 2.05) is 0 Å². The van der Waals surface area contributed by atoms with Crippen molar-refractivity contribution < 1.29 is 23.9 Å². The minimum atomic E-state index is -0.568. The van der Waals surface area contributed by atoms with Crippen LogP contribution < -0.4 is 9.47 Å². The molecule has 1 fully saturated rings. The number of Topliss-reactive ketones (excluding diaryl/α,β-unsaturated/α-hetero) is 1. The third-order valence-corrected chi connectivity index (χ3v) is 3.12. The number of benzene rings is 1. The number of carbonyl (C=O) groups excluding carboxylic acids is 1. The Labute approximate surface area is 115 Å². The molecule has 2 rings (SSSR count). The Morgan fingerprint density at radius 2 is 2.35 bits per heavy atom. The molecule has 1 unspecified atom stereocenters. The van der Waals surface area contributed by atoms with Crippen LogP contribution in [0, 0.1) is 16.0 Å². The maximum absolute atomic E-state index is 11.8. The Morgan fingerprint density at radius 3 is 2.95 bits per heavy atom. The van der Waals surface area contributed by atoms with Gasteiger partial charge < -0.3 is 14.2 Å². The van der Waals surface area contributed by atoms with Crippen LogP contribution in [0.4, 0.5) is 5.69 Å². The van der Waals surface area contributed by atoms with Crippen LogP contribution in [-0.4, -0.2) is 37.6 Å². The molecule has 0 spiro atoms. The third-order valence-electron chi connectivity index (χ3n) is 3.12. The molecule has 7 heteroatoms. The summed E-state index contributed by atoms with van der Waals surface area (Å²) >= 11 is 0. The Kier molecular flexibility index (Phi) is 4.52. The maximum Gasteiger partial charge on any atom is 0.314 e. The van der Waals surface area contributed by atoms with Gasteiger partial charge in [-0.25, -0.2) is 0 Å². The van der Waals surface area contributed by atoms with Crippen LogP contribution >= 0.6 is 0 Å². The predicted molar refractivity (Wildman–Crippen MR) is 69.1 cm³/mol. The van der Waals surface area contributed by atoms with E-state index in [-0.39, 0.29) is 29.7 Å². The SMILES string of the molecule is COc1ccc(OCC(=O)C2CCOC2)c([N+](=O)[O-])c1. The van der Waals surface area contributed by atoms with Gasteiger partial charge >= 0.3 is 5.69 Å². The van der Waals surface area contributed by atoms with Gasteiger partial charge in [-0.2, -0.15) is 0 Å². The number of ketones is 1. The van der Waals surface area contributed by atoms with Crippen LogP contribution in [0.15, 0.2) is 18.2 Å². The zero-order chi connectivity index (χ0) is 14.5. The molecule has 1 atom stereocenters. The lowest BCUT2D eigenvalue weighted by Gasteiger charge is -2.09. The molecule has 1 aromatic carbocycles. The number of methoxy groups -OCH3 is 1. The van der Waals surface area contributed by atoms with Crippen molar-refractivity contribution in [1.29, 1.82) is 0 Å².